The van der Waals surface area contributed by atoms with E-state index in [2.05, 4.69) is 4.98 Å². The first-order valence-electron chi connectivity index (χ1n) is 6.76. The number of nitrogens with zero attached hydrogens (tertiary/aromatic N) is 2. The number of likely N-dealkylation sites (tertiary alicyclic amines) is 1. The number of ether oxygens (including phenoxy) is 1. The molecule has 0 unspecified atom stereocenters. The maximum Gasteiger partial charge on any atom is 0.401 e. The molecule has 0 aliphatic carbocycles. The third-order valence-corrected chi connectivity index (χ3v) is 3.55. The van der Waals surface area contributed by atoms with Gasteiger partial charge < -0.3 is 4.74 Å². The first-order chi connectivity index (χ1) is 9.44. The molecule has 2 heterocycles. The van der Waals surface area contributed by atoms with Crippen molar-refractivity contribution >= 4 is 0 Å². The topological polar surface area (TPSA) is 25.4 Å². The van der Waals surface area contributed by atoms with Crippen LogP contribution in [0.1, 0.15) is 18.4 Å². The van der Waals surface area contributed by atoms with Gasteiger partial charge in [-0.25, -0.2) is 0 Å². The van der Waals surface area contributed by atoms with Crippen LogP contribution in [0.5, 0.6) is 5.75 Å². The number of aryl methyl sites for hydroxylation is 1. The molecule has 3 nitrogen and oxygen atoms in total. The van der Waals surface area contributed by atoms with Crippen molar-refractivity contribution < 1.29 is 17.9 Å². The zero-order valence-electron chi connectivity index (χ0n) is 11.5. The average Bonchev–Trinajstić information content (AvgIpc) is 2.38. The summed E-state index contributed by atoms with van der Waals surface area (Å²) in [6, 6.07) is 1.81. The lowest BCUT2D eigenvalue weighted by atomic mass is 9.98. The number of hydrogen-bond donors (Lipinski definition) is 0. The normalized spacial score (nSPS) is 18.2. The fourth-order valence-electron chi connectivity index (χ4n) is 2.39. The number of piperidine rings is 1. The van der Waals surface area contributed by atoms with E-state index in [-0.39, 0.29) is 0 Å². The lowest BCUT2D eigenvalue weighted by molar-refractivity contribution is -0.148. The van der Waals surface area contributed by atoms with Crippen LogP contribution in [0, 0.1) is 12.8 Å². The minimum atomic E-state index is -4.10. The van der Waals surface area contributed by atoms with Gasteiger partial charge in [0.2, 0.25) is 0 Å². The summed E-state index contributed by atoms with van der Waals surface area (Å²) in [6.45, 7) is 2.66. The van der Waals surface area contributed by atoms with Crippen LogP contribution in [0.3, 0.4) is 0 Å². The Morgan fingerprint density at radius 2 is 2.05 bits per heavy atom. The summed E-state index contributed by atoms with van der Waals surface area (Å²) in [4.78, 5) is 5.46. The number of alkyl halides is 3. The first-order valence-corrected chi connectivity index (χ1v) is 6.76. The van der Waals surface area contributed by atoms with E-state index in [1.54, 1.807) is 12.4 Å². The van der Waals surface area contributed by atoms with E-state index in [0.717, 1.165) is 24.2 Å². The molecule has 1 aromatic heterocycles. The highest BCUT2D eigenvalue weighted by molar-refractivity contribution is 5.28. The number of hydrogen-bond acceptors (Lipinski definition) is 3. The summed E-state index contributed by atoms with van der Waals surface area (Å²) >= 11 is 0. The van der Waals surface area contributed by atoms with Gasteiger partial charge in [-0.3, -0.25) is 9.88 Å². The zero-order valence-corrected chi connectivity index (χ0v) is 11.5. The van der Waals surface area contributed by atoms with Crippen molar-refractivity contribution in [3.63, 3.8) is 0 Å². The maximum absolute atomic E-state index is 12.3. The van der Waals surface area contributed by atoms with Crippen molar-refractivity contribution in [1.29, 1.82) is 0 Å². The van der Waals surface area contributed by atoms with Crippen molar-refractivity contribution in [3.8, 4) is 5.75 Å². The van der Waals surface area contributed by atoms with Crippen LogP contribution < -0.4 is 4.74 Å². The molecule has 1 saturated heterocycles. The Labute approximate surface area is 116 Å². The molecule has 20 heavy (non-hydrogen) atoms. The fraction of sp³-hybridized carbons (Fsp3) is 0.643. The Morgan fingerprint density at radius 3 is 2.65 bits per heavy atom. The number of halogens is 3. The van der Waals surface area contributed by atoms with Gasteiger partial charge in [0.1, 0.15) is 5.75 Å². The van der Waals surface area contributed by atoms with Crippen LogP contribution in [-0.2, 0) is 0 Å². The summed E-state index contributed by atoms with van der Waals surface area (Å²) < 4.78 is 42.6. The molecular formula is C14H19F3N2O. The zero-order chi connectivity index (χ0) is 14.6. The van der Waals surface area contributed by atoms with Crippen LogP contribution >= 0.6 is 0 Å². The standard InChI is InChI=1S/C14H19F3N2O/c1-11-8-18-5-2-13(11)20-9-12-3-6-19(7-4-12)10-14(15,16)17/h2,5,8,12H,3-4,6-7,9-10H2,1H3. The molecule has 1 fully saturated rings. The SMILES string of the molecule is Cc1cnccc1OCC1CCN(CC(F)(F)F)CC1. The summed E-state index contributed by atoms with van der Waals surface area (Å²) in [7, 11) is 0. The van der Waals surface area contributed by atoms with E-state index in [9.17, 15) is 13.2 Å². The molecule has 0 N–H and O–H groups in total. The molecule has 0 atom stereocenters. The number of aromatic nitrogens is 1. The highest BCUT2D eigenvalue weighted by Gasteiger charge is 2.32. The van der Waals surface area contributed by atoms with Gasteiger partial charge in [-0.05, 0) is 44.8 Å². The third-order valence-electron chi connectivity index (χ3n) is 3.55. The van der Waals surface area contributed by atoms with Crippen LogP contribution in [0.4, 0.5) is 13.2 Å². The molecule has 0 spiro atoms. The van der Waals surface area contributed by atoms with Gasteiger partial charge in [-0.2, -0.15) is 13.2 Å². The summed E-state index contributed by atoms with van der Waals surface area (Å²) in [5.41, 5.74) is 0.974. The minimum absolute atomic E-state index is 0.326. The second kappa shape index (κ2) is 6.43. The minimum Gasteiger partial charge on any atom is -0.493 e. The van der Waals surface area contributed by atoms with Crippen molar-refractivity contribution in [1.82, 2.24) is 9.88 Å². The summed E-state index contributed by atoms with van der Waals surface area (Å²) in [5.74, 6) is 1.13. The second-order valence-corrected chi connectivity index (χ2v) is 5.29. The molecule has 0 saturated carbocycles. The van der Waals surface area contributed by atoms with E-state index >= 15 is 0 Å². The third kappa shape index (κ3) is 4.67. The summed E-state index contributed by atoms with van der Waals surface area (Å²) in [6.07, 6.45) is 0.813. The van der Waals surface area contributed by atoms with Crippen LogP contribution in [0.25, 0.3) is 0 Å². The largest absolute Gasteiger partial charge is 0.493 e. The number of pyridine rings is 1. The monoisotopic (exact) mass is 288 g/mol. The van der Waals surface area contributed by atoms with Gasteiger partial charge in [0.15, 0.2) is 0 Å². The predicted molar refractivity (Wildman–Crippen MR) is 69.7 cm³/mol. The lowest BCUT2D eigenvalue weighted by Gasteiger charge is -2.32. The van der Waals surface area contributed by atoms with Gasteiger partial charge >= 0.3 is 6.18 Å². The van der Waals surface area contributed by atoms with Gasteiger partial charge in [0.05, 0.1) is 13.2 Å². The van der Waals surface area contributed by atoms with E-state index in [0.29, 0.717) is 25.6 Å². The maximum atomic E-state index is 12.3. The molecule has 0 amide bonds. The lowest BCUT2D eigenvalue weighted by Crippen LogP contribution is -2.41. The van der Waals surface area contributed by atoms with Crippen LogP contribution in [0.2, 0.25) is 0 Å². The van der Waals surface area contributed by atoms with E-state index in [1.807, 2.05) is 13.0 Å². The van der Waals surface area contributed by atoms with Gasteiger partial charge in [0, 0.05) is 18.0 Å². The van der Waals surface area contributed by atoms with Gasteiger partial charge in [-0.1, -0.05) is 0 Å². The molecule has 0 radical (unpaired) electrons. The van der Waals surface area contributed by atoms with E-state index in [1.165, 1.54) is 4.90 Å². The van der Waals surface area contributed by atoms with E-state index < -0.39 is 12.7 Å². The Morgan fingerprint density at radius 1 is 1.35 bits per heavy atom. The fourth-order valence-corrected chi connectivity index (χ4v) is 2.39. The average molecular weight is 288 g/mol. The molecule has 1 aliphatic rings. The highest BCUT2D eigenvalue weighted by Crippen LogP contribution is 2.24. The first kappa shape index (κ1) is 15.1. The second-order valence-electron chi connectivity index (χ2n) is 5.29. The Hall–Kier alpha value is -1.30. The van der Waals surface area contributed by atoms with Crippen LogP contribution in [0.15, 0.2) is 18.5 Å². The highest BCUT2D eigenvalue weighted by atomic mass is 19.4. The quantitative estimate of drug-likeness (QED) is 0.851. The summed E-state index contributed by atoms with van der Waals surface area (Å²) in [5, 5.41) is 0. The molecule has 2 rings (SSSR count). The molecule has 112 valence electrons. The van der Waals surface area contributed by atoms with Gasteiger partial charge in [0.25, 0.3) is 0 Å². The Bertz CT molecular complexity index is 429. The molecular weight excluding hydrogens is 269 g/mol. The predicted octanol–water partition coefficient (Wildman–Crippen LogP) is 3.04. The smallest absolute Gasteiger partial charge is 0.401 e. The molecule has 6 heteroatoms. The van der Waals surface area contributed by atoms with E-state index in [4.69, 9.17) is 4.74 Å². The molecule has 1 aromatic rings. The molecule has 1 aliphatic heterocycles. The Kier molecular flexibility index (Phi) is 4.86. The van der Waals surface area contributed by atoms with Gasteiger partial charge in [-0.15, -0.1) is 0 Å². The Balaban J connectivity index is 1.74. The molecule has 0 aromatic carbocycles. The van der Waals surface area contributed by atoms with Crippen molar-refractivity contribution in [3.05, 3.63) is 24.0 Å². The van der Waals surface area contributed by atoms with Crippen LogP contribution in [-0.4, -0.2) is 42.3 Å². The number of rotatable bonds is 4. The molecule has 0 bridgehead atoms. The van der Waals surface area contributed by atoms with Crippen molar-refractivity contribution in [2.24, 2.45) is 5.92 Å². The van der Waals surface area contributed by atoms with Crippen molar-refractivity contribution in [2.75, 3.05) is 26.2 Å². The van der Waals surface area contributed by atoms with Crippen molar-refractivity contribution in [2.45, 2.75) is 25.9 Å².